The maximum Gasteiger partial charge on any atom is 0.308 e. The Morgan fingerprint density at radius 1 is 1.41 bits per heavy atom. The molecule has 0 aromatic heterocycles. The van der Waals surface area contributed by atoms with Crippen molar-refractivity contribution in [2.45, 2.75) is 52.1 Å². The van der Waals surface area contributed by atoms with Crippen LogP contribution in [0.25, 0.3) is 0 Å². The van der Waals surface area contributed by atoms with Crippen molar-refractivity contribution in [3.8, 4) is 0 Å². The number of rotatable bonds is 7. The summed E-state index contributed by atoms with van der Waals surface area (Å²) in [5, 5.41) is 9.50. The number of Topliss-reactive ketones (excluding diaryl/α,β-unsaturated/α-hetero) is 1. The van der Waals surface area contributed by atoms with Gasteiger partial charge in [-0.1, -0.05) is 13.8 Å². The average molecular weight is 314 g/mol. The van der Waals surface area contributed by atoms with Gasteiger partial charge in [-0.15, -0.1) is 0 Å². The molecule has 0 radical (unpaired) electrons. The third-order valence-corrected chi connectivity index (χ3v) is 5.11. The summed E-state index contributed by atoms with van der Waals surface area (Å²) in [6.45, 7) is 5.14. The van der Waals surface area contributed by atoms with Gasteiger partial charge >= 0.3 is 5.97 Å². The fraction of sp³-hybridized carbons (Fsp3) is 0.812. The maximum atomic E-state index is 11.9. The molecule has 1 aliphatic carbocycles. The molecule has 0 saturated heterocycles. The van der Waals surface area contributed by atoms with Crippen LogP contribution in [0, 0.1) is 23.7 Å². The summed E-state index contributed by atoms with van der Waals surface area (Å²) in [7, 11) is 1.29. The first-order valence-corrected chi connectivity index (χ1v) is 7.70. The number of carbonyl (C=O) groups is 3. The van der Waals surface area contributed by atoms with Gasteiger partial charge < -0.3 is 9.53 Å². The third-order valence-electron chi connectivity index (χ3n) is 5.11. The van der Waals surface area contributed by atoms with Crippen molar-refractivity contribution in [3.05, 3.63) is 0 Å². The summed E-state index contributed by atoms with van der Waals surface area (Å²) < 4.78 is 4.76. The summed E-state index contributed by atoms with van der Waals surface area (Å²) in [4.78, 5) is 39.6. The number of hydrogen-bond acceptors (Lipinski definition) is 6. The minimum Gasteiger partial charge on any atom is -0.469 e. The lowest BCUT2D eigenvalue weighted by Gasteiger charge is -2.48. The number of esters is 1. The van der Waals surface area contributed by atoms with Gasteiger partial charge in [-0.3, -0.25) is 14.8 Å². The van der Waals surface area contributed by atoms with Crippen LogP contribution in [0.5, 0.6) is 0 Å². The lowest BCUT2D eigenvalue weighted by atomic mass is 9.60. The van der Waals surface area contributed by atoms with Crippen molar-refractivity contribution < 1.29 is 29.3 Å². The number of carbonyl (C=O) groups excluding carboxylic acids is 3. The van der Waals surface area contributed by atoms with Crippen molar-refractivity contribution >= 4 is 18.0 Å². The first kappa shape index (κ1) is 18.8. The monoisotopic (exact) mass is 314 g/mol. The maximum absolute atomic E-state index is 11.9. The Kier molecular flexibility index (Phi) is 6.68. The summed E-state index contributed by atoms with van der Waals surface area (Å²) in [6, 6.07) is 0. The van der Waals surface area contributed by atoms with E-state index >= 15 is 0 Å². The van der Waals surface area contributed by atoms with Crippen LogP contribution in [0.1, 0.15) is 46.5 Å². The summed E-state index contributed by atoms with van der Waals surface area (Å²) in [5.74, 6) is -1.67. The highest BCUT2D eigenvalue weighted by Gasteiger charge is 2.55. The topological polar surface area (TPSA) is 89.9 Å². The van der Waals surface area contributed by atoms with Gasteiger partial charge in [0.25, 0.3) is 0 Å². The molecule has 0 heterocycles. The van der Waals surface area contributed by atoms with E-state index in [4.69, 9.17) is 4.74 Å². The van der Waals surface area contributed by atoms with Crippen LogP contribution in [0.15, 0.2) is 0 Å². The van der Waals surface area contributed by atoms with E-state index in [1.807, 2.05) is 6.92 Å². The van der Waals surface area contributed by atoms with E-state index in [0.29, 0.717) is 25.5 Å². The molecule has 126 valence electrons. The van der Waals surface area contributed by atoms with Crippen LogP contribution < -0.4 is 0 Å². The molecule has 1 aliphatic rings. The zero-order valence-corrected chi connectivity index (χ0v) is 13.7. The largest absolute Gasteiger partial charge is 0.469 e. The van der Waals surface area contributed by atoms with Crippen LogP contribution in [0.2, 0.25) is 0 Å². The fourth-order valence-corrected chi connectivity index (χ4v) is 3.78. The van der Waals surface area contributed by atoms with E-state index in [-0.39, 0.29) is 17.6 Å². The van der Waals surface area contributed by atoms with Crippen molar-refractivity contribution in [2.24, 2.45) is 23.7 Å². The Morgan fingerprint density at radius 2 is 2.05 bits per heavy atom. The summed E-state index contributed by atoms with van der Waals surface area (Å²) in [6.07, 6.45) is 2.73. The molecular formula is C16H26O6. The first-order chi connectivity index (χ1) is 10.3. The average Bonchev–Trinajstić information content (AvgIpc) is 2.51. The van der Waals surface area contributed by atoms with E-state index in [1.54, 1.807) is 6.92 Å². The standard InChI is InChI=1S/C16H26O6/c1-10-5-7-14(12(3)15(19)21-4)16(9-17,22-20)13(10)8-6-11(2)18/h9-10,12-14,20H,5-8H2,1-4H3/t10-,12-,13+,14?,16-/m1/s1. The Balaban J connectivity index is 3.14. The molecule has 1 fully saturated rings. The molecule has 0 bridgehead atoms. The lowest BCUT2D eigenvalue weighted by Crippen LogP contribution is -2.57. The molecule has 6 heteroatoms. The molecule has 0 spiro atoms. The lowest BCUT2D eigenvalue weighted by molar-refractivity contribution is -0.347. The molecule has 5 atom stereocenters. The van der Waals surface area contributed by atoms with Gasteiger partial charge in [0, 0.05) is 18.3 Å². The molecular weight excluding hydrogens is 288 g/mol. The van der Waals surface area contributed by atoms with Crippen LogP contribution in [-0.4, -0.2) is 36.0 Å². The van der Waals surface area contributed by atoms with Crippen LogP contribution in [-0.2, 0) is 24.0 Å². The molecule has 6 nitrogen and oxygen atoms in total. The Morgan fingerprint density at radius 3 is 2.50 bits per heavy atom. The zero-order chi connectivity index (χ0) is 16.9. The molecule has 0 aromatic rings. The van der Waals surface area contributed by atoms with Gasteiger partial charge in [0.05, 0.1) is 13.0 Å². The first-order valence-electron chi connectivity index (χ1n) is 7.70. The van der Waals surface area contributed by atoms with Gasteiger partial charge in [-0.05, 0) is 32.1 Å². The van der Waals surface area contributed by atoms with Crippen molar-refractivity contribution in [2.75, 3.05) is 7.11 Å². The van der Waals surface area contributed by atoms with E-state index in [2.05, 4.69) is 4.89 Å². The highest BCUT2D eigenvalue weighted by atomic mass is 17.1. The minimum atomic E-state index is -1.47. The van der Waals surface area contributed by atoms with Gasteiger partial charge in [-0.2, -0.15) is 0 Å². The Hall–Kier alpha value is -1.27. The van der Waals surface area contributed by atoms with Gasteiger partial charge in [-0.25, -0.2) is 4.89 Å². The second kappa shape index (κ2) is 7.83. The van der Waals surface area contributed by atoms with E-state index in [0.717, 1.165) is 6.42 Å². The Bertz CT molecular complexity index is 421. The quantitative estimate of drug-likeness (QED) is 0.335. The number of hydrogen-bond donors (Lipinski definition) is 1. The second-order valence-corrected chi connectivity index (χ2v) is 6.38. The highest BCUT2D eigenvalue weighted by molar-refractivity contribution is 5.76. The predicted octanol–water partition coefficient (Wildman–Crippen LogP) is 2.25. The Labute approximate surface area is 131 Å². The van der Waals surface area contributed by atoms with Crippen molar-refractivity contribution in [1.82, 2.24) is 0 Å². The second-order valence-electron chi connectivity index (χ2n) is 6.38. The molecule has 1 rings (SSSR count). The number of aldehydes is 1. The smallest absolute Gasteiger partial charge is 0.308 e. The fourth-order valence-electron chi connectivity index (χ4n) is 3.78. The molecule has 0 aliphatic heterocycles. The number of ether oxygens (including phenoxy) is 1. The van der Waals surface area contributed by atoms with Crippen LogP contribution in [0.4, 0.5) is 0 Å². The van der Waals surface area contributed by atoms with Crippen molar-refractivity contribution in [1.29, 1.82) is 0 Å². The minimum absolute atomic E-state index is 0.0214. The number of methoxy groups -OCH3 is 1. The normalized spacial score (nSPS) is 33.0. The molecule has 0 amide bonds. The van der Waals surface area contributed by atoms with Crippen LogP contribution in [0.3, 0.4) is 0 Å². The summed E-state index contributed by atoms with van der Waals surface area (Å²) >= 11 is 0. The molecule has 1 N–H and O–H groups in total. The van der Waals surface area contributed by atoms with Gasteiger partial charge in [0.2, 0.25) is 0 Å². The van der Waals surface area contributed by atoms with E-state index < -0.39 is 23.4 Å². The van der Waals surface area contributed by atoms with Gasteiger partial charge in [0.15, 0.2) is 11.9 Å². The molecule has 1 saturated carbocycles. The highest BCUT2D eigenvalue weighted by Crippen LogP contribution is 2.48. The van der Waals surface area contributed by atoms with Crippen LogP contribution >= 0.6 is 0 Å². The molecule has 1 unspecified atom stereocenters. The number of ketones is 1. The van der Waals surface area contributed by atoms with Crippen molar-refractivity contribution in [3.63, 3.8) is 0 Å². The summed E-state index contributed by atoms with van der Waals surface area (Å²) in [5.41, 5.74) is -1.47. The third kappa shape index (κ3) is 3.55. The molecule has 0 aromatic carbocycles. The molecule has 22 heavy (non-hydrogen) atoms. The SMILES string of the molecule is COC(=O)[C@H](C)C1CC[C@@H](C)[C@H](CCC(C)=O)[C@@]1(C=O)OO. The predicted molar refractivity (Wildman–Crippen MR) is 79.0 cm³/mol. The van der Waals surface area contributed by atoms with Gasteiger partial charge in [0.1, 0.15) is 5.78 Å². The zero-order valence-electron chi connectivity index (χ0n) is 13.7. The van der Waals surface area contributed by atoms with E-state index in [1.165, 1.54) is 14.0 Å². The van der Waals surface area contributed by atoms with E-state index in [9.17, 15) is 19.6 Å².